The first-order valence-electron chi connectivity index (χ1n) is 6.96. The molecule has 1 aliphatic carbocycles. The molecular formula is C15H20N2O2S. The van der Waals surface area contributed by atoms with Crippen molar-refractivity contribution >= 4 is 23.1 Å². The Morgan fingerprint density at radius 3 is 2.70 bits per heavy atom. The molecule has 1 amide bonds. The molecular weight excluding hydrogens is 272 g/mol. The predicted octanol–water partition coefficient (Wildman–Crippen LogP) is 1.74. The van der Waals surface area contributed by atoms with Crippen LogP contribution in [0.4, 0.5) is 0 Å². The van der Waals surface area contributed by atoms with Gasteiger partial charge in [0.2, 0.25) is 0 Å². The molecule has 108 valence electrons. The first kappa shape index (κ1) is 14.9. The van der Waals surface area contributed by atoms with Gasteiger partial charge in [0.15, 0.2) is 0 Å². The predicted molar refractivity (Wildman–Crippen MR) is 82.7 cm³/mol. The van der Waals surface area contributed by atoms with E-state index in [-0.39, 0.29) is 16.9 Å². The lowest BCUT2D eigenvalue weighted by Crippen LogP contribution is -2.42. The van der Waals surface area contributed by atoms with Crippen molar-refractivity contribution in [3.8, 4) is 0 Å². The summed E-state index contributed by atoms with van der Waals surface area (Å²) in [4.78, 5) is 12.5. The van der Waals surface area contributed by atoms with E-state index in [1.54, 1.807) is 24.3 Å². The van der Waals surface area contributed by atoms with Gasteiger partial charge < -0.3 is 16.2 Å². The number of carbonyl (C=O) groups excluding carboxylic acids is 1. The van der Waals surface area contributed by atoms with Crippen molar-refractivity contribution in [2.45, 2.75) is 44.2 Å². The average molecular weight is 292 g/mol. The SMILES string of the molecule is NC(=S)c1cccc(C(=O)NC2CCCCCC2O)c1. The van der Waals surface area contributed by atoms with Gasteiger partial charge in [0.25, 0.3) is 5.91 Å². The van der Waals surface area contributed by atoms with Crippen LogP contribution in [0.15, 0.2) is 24.3 Å². The molecule has 0 heterocycles. The Kier molecular flexibility index (Phi) is 5.09. The van der Waals surface area contributed by atoms with Crippen LogP contribution in [0.1, 0.15) is 48.0 Å². The number of hydrogen-bond donors (Lipinski definition) is 3. The van der Waals surface area contributed by atoms with Gasteiger partial charge >= 0.3 is 0 Å². The summed E-state index contributed by atoms with van der Waals surface area (Å²) in [7, 11) is 0. The second-order valence-electron chi connectivity index (χ2n) is 5.23. The van der Waals surface area contributed by atoms with Gasteiger partial charge in [0.05, 0.1) is 12.1 Å². The number of amides is 1. The molecule has 0 radical (unpaired) electrons. The Bertz CT molecular complexity index is 504. The summed E-state index contributed by atoms with van der Waals surface area (Å²) in [5, 5.41) is 13.0. The van der Waals surface area contributed by atoms with Crippen LogP contribution in [0.2, 0.25) is 0 Å². The van der Waals surface area contributed by atoms with Crippen LogP contribution >= 0.6 is 12.2 Å². The van der Waals surface area contributed by atoms with Crippen LogP contribution in [0.25, 0.3) is 0 Å². The van der Waals surface area contributed by atoms with Crippen LogP contribution in [0.5, 0.6) is 0 Å². The quantitative estimate of drug-likeness (QED) is 0.586. The molecule has 0 saturated heterocycles. The molecule has 0 spiro atoms. The smallest absolute Gasteiger partial charge is 0.251 e. The molecule has 1 fully saturated rings. The lowest BCUT2D eigenvalue weighted by molar-refractivity contribution is 0.0819. The summed E-state index contributed by atoms with van der Waals surface area (Å²) in [5.41, 5.74) is 6.76. The lowest BCUT2D eigenvalue weighted by atomic mass is 10.0. The van der Waals surface area contributed by atoms with E-state index in [1.807, 2.05) is 0 Å². The Labute approximate surface area is 124 Å². The first-order valence-corrected chi connectivity index (χ1v) is 7.37. The summed E-state index contributed by atoms with van der Waals surface area (Å²) >= 11 is 4.91. The molecule has 20 heavy (non-hydrogen) atoms. The third-order valence-corrected chi connectivity index (χ3v) is 3.94. The third-order valence-electron chi connectivity index (χ3n) is 3.71. The molecule has 4 nitrogen and oxygen atoms in total. The zero-order chi connectivity index (χ0) is 14.5. The Morgan fingerprint density at radius 2 is 1.95 bits per heavy atom. The van der Waals surface area contributed by atoms with Crippen molar-refractivity contribution in [1.29, 1.82) is 0 Å². The van der Waals surface area contributed by atoms with Crippen molar-refractivity contribution in [3.05, 3.63) is 35.4 Å². The highest BCUT2D eigenvalue weighted by Crippen LogP contribution is 2.18. The van der Waals surface area contributed by atoms with Gasteiger partial charge in [-0.05, 0) is 25.0 Å². The first-order chi connectivity index (χ1) is 9.58. The Hall–Kier alpha value is -1.46. The molecule has 0 aromatic heterocycles. The highest BCUT2D eigenvalue weighted by atomic mass is 32.1. The summed E-state index contributed by atoms with van der Waals surface area (Å²) in [6, 6.07) is 6.77. The molecule has 0 bridgehead atoms. The van der Waals surface area contributed by atoms with Crippen molar-refractivity contribution in [2.75, 3.05) is 0 Å². The van der Waals surface area contributed by atoms with E-state index in [1.165, 1.54) is 0 Å². The maximum absolute atomic E-state index is 12.2. The van der Waals surface area contributed by atoms with E-state index >= 15 is 0 Å². The van der Waals surface area contributed by atoms with E-state index < -0.39 is 6.10 Å². The standard InChI is InChI=1S/C15H20N2O2S/c16-14(20)10-5-4-6-11(9-10)15(19)17-12-7-2-1-3-8-13(12)18/h4-6,9,12-13,18H,1-3,7-8H2,(H2,16,20)(H,17,19). The number of nitrogens with two attached hydrogens (primary N) is 1. The summed E-state index contributed by atoms with van der Waals surface area (Å²) < 4.78 is 0. The topological polar surface area (TPSA) is 75.4 Å². The van der Waals surface area contributed by atoms with Gasteiger partial charge in [-0.1, -0.05) is 43.6 Å². The minimum absolute atomic E-state index is 0.168. The third kappa shape index (κ3) is 3.77. The van der Waals surface area contributed by atoms with E-state index in [0.29, 0.717) is 11.1 Å². The normalized spacial score (nSPS) is 22.9. The monoisotopic (exact) mass is 292 g/mol. The molecule has 1 aliphatic rings. The van der Waals surface area contributed by atoms with Gasteiger partial charge in [0.1, 0.15) is 4.99 Å². The minimum Gasteiger partial charge on any atom is -0.391 e. The molecule has 0 aliphatic heterocycles. The molecule has 1 aromatic rings. The number of rotatable bonds is 3. The van der Waals surface area contributed by atoms with E-state index in [2.05, 4.69) is 5.32 Å². The lowest BCUT2D eigenvalue weighted by Gasteiger charge is -2.21. The molecule has 1 aromatic carbocycles. The summed E-state index contributed by atoms with van der Waals surface area (Å²) in [6.07, 6.45) is 4.28. The summed E-state index contributed by atoms with van der Waals surface area (Å²) in [6.45, 7) is 0. The molecule has 4 N–H and O–H groups in total. The number of carbonyl (C=O) groups is 1. The molecule has 2 atom stereocenters. The Balaban J connectivity index is 2.07. The van der Waals surface area contributed by atoms with Crippen molar-refractivity contribution in [1.82, 2.24) is 5.32 Å². The average Bonchev–Trinajstić information content (AvgIpc) is 2.64. The fourth-order valence-electron chi connectivity index (χ4n) is 2.52. The molecule has 5 heteroatoms. The van der Waals surface area contributed by atoms with Gasteiger partial charge in [0, 0.05) is 11.1 Å². The van der Waals surface area contributed by atoms with Crippen molar-refractivity contribution in [3.63, 3.8) is 0 Å². The second-order valence-corrected chi connectivity index (χ2v) is 5.67. The summed E-state index contributed by atoms with van der Waals surface area (Å²) in [5.74, 6) is -0.186. The number of aliphatic hydroxyl groups excluding tert-OH is 1. The number of nitrogens with one attached hydrogen (secondary N) is 1. The zero-order valence-corrected chi connectivity index (χ0v) is 12.2. The van der Waals surface area contributed by atoms with E-state index in [4.69, 9.17) is 18.0 Å². The second kappa shape index (κ2) is 6.81. The number of benzene rings is 1. The largest absolute Gasteiger partial charge is 0.391 e. The van der Waals surface area contributed by atoms with Crippen molar-refractivity contribution < 1.29 is 9.90 Å². The number of hydrogen-bond acceptors (Lipinski definition) is 3. The minimum atomic E-state index is -0.458. The highest BCUT2D eigenvalue weighted by molar-refractivity contribution is 7.80. The van der Waals surface area contributed by atoms with Crippen LogP contribution < -0.4 is 11.1 Å². The maximum atomic E-state index is 12.2. The van der Waals surface area contributed by atoms with Gasteiger partial charge in [-0.25, -0.2) is 0 Å². The maximum Gasteiger partial charge on any atom is 0.251 e. The zero-order valence-electron chi connectivity index (χ0n) is 11.3. The highest BCUT2D eigenvalue weighted by Gasteiger charge is 2.23. The molecule has 1 saturated carbocycles. The van der Waals surface area contributed by atoms with Crippen LogP contribution in [-0.4, -0.2) is 28.1 Å². The van der Waals surface area contributed by atoms with Crippen LogP contribution in [0.3, 0.4) is 0 Å². The molecule has 2 unspecified atom stereocenters. The van der Waals surface area contributed by atoms with E-state index in [0.717, 1.165) is 32.1 Å². The van der Waals surface area contributed by atoms with Gasteiger partial charge in [-0.3, -0.25) is 4.79 Å². The fraction of sp³-hybridized carbons (Fsp3) is 0.467. The van der Waals surface area contributed by atoms with E-state index in [9.17, 15) is 9.90 Å². The number of thiocarbonyl (C=S) groups is 1. The van der Waals surface area contributed by atoms with Crippen molar-refractivity contribution in [2.24, 2.45) is 5.73 Å². The molecule has 2 rings (SSSR count). The number of aliphatic hydroxyl groups is 1. The Morgan fingerprint density at radius 1 is 1.25 bits per heavy atom. The van der Waals surface area contributed by atoms with Crippen LogP contribution in [0, 0.1) is 0 Å². The fourth-order valence-corrected chi connectivity index (χ4v) is 2.65. The van der Waals surface area contributed by atoms with Gasteiger partial charge in [-0.15, -0.1) is 0 Å². The van der Waals surface area contributed by atoms with Crippen LogP contribution in [-0.2, 0) is 0 Å². The van der Waals surface area contributed by atoms with Gasteiger partial charge in [-0.2, -0.15) is 0 Å².